The number of fused-ring (bicyclic) bond motifs is 1. The third-order valence-electron chi connectivity index (χ3n) is 9.19. The zero-order valence-corrected chi connectivity index (χ0v) is 27.5. The zero-order chi connectivity index (χ0) is 34.5. The van der Waals surface area contributed by atoms with Gasteiger partial charge >= 0.3 is 6.18 Å². The topological polar surface area (TPSA) is 61.7 Å². The van der Waals surface area contributed by atoms with Crippen LogP contribution in [0.25, 0.3) is 17.0 Å². The highest BCUT2D eigenvalue weighted by molar-refractivity contribution is 5.94. The summed E-state index contributed by atoms with van der Waals surface area (Å²) in [5, 5.41) is 1.06. The van der Waals surface area contributed by atoms with E-state index in [0.717, 1.165) is 71.5 Å². The Labute approximate surface area is 283 Å². The largest absolute Gasteiger partial charge is 0.416 e. The first-order chi connectivity index (χ1) is 23.6. The third-order valence-corrected chi connectivity index (χ3v) is 9.19. The average molecular weight is 666 g/mol. The maximum atomic E-state index is 13.8. The molecule has 1 saturated heterocycles. The number of aromatic nitrogens is 2. The van der Waals surface area contributed by atoms with Gasteiger partial charge in [-0.15, -0.1) is 0 Å². The Hall–Kier alpha value is -5.22. The highest BCUT2D eigenvalue weighted by Gasteiger charge is 2.30. The lowest BCUT2D eigenvalue weighted by atomic mass is 10.0. The van der Waals surface area contributed by atoms with Crippen molar-refractivity contribution in [2.45, 2.75) is 45.1 Å². The summed E-state index contributed by atoms with van der Waals surface area (Å²) >= 11 is 0. The number of hydrogen-bond acceptors (Lipinski definition) is 5. The number of carbonyl (C=O) groups is 2. The van der Waals surface area contributed by atoms with Crippen LogP contribution in [0.5, 0.6) is 0 Å². The Bertz CT molecular complexity index is 1930. The van der Waals surface area contributed by atoms with Gasteiger partial charge in [-0.05, 0) is 78.1 Å². The smallest absolute Gasteiger partial charge is 0.345 e. The molecule has 1 fully saturated rings. The fourth-order valence-electron chi connectivity index (χ4n) is 6.44. The fraction of sp³-hybridized carbons (Fsp3) is 0.256. The van der Waals surface area contributed by atoms with Crippen LogP contribution >= 0.6 is 0 Å². The molecule has 1 aliphatic heterocycles. The van der Waals surface area contributed by atoms with Crippen LogP contribution < -0.4 is 4.90 Å². The number of rotatable bonds is 9. The van der Waals surface area contributed by atoms with E-state index >= 15 is 0 Å². The number of anilines is 2. The normalized spacial score (nSPS) is 14.4. The number of pyridine rings is 1. The van der Waals surface area contributed by atoms with E-state index in [1.165, 1.54) is 18.2 Å². The summed E-state index contributed by atoms with van der Waals surface area (Å²) in [5.74, 6) is -0.224. The highest BCUT2D eigenvalue weighted by atomic mass is 19.4. The molecule has 0 unspecified atom stereocenters. The Morgan fingerprint density at radius 2 is 1.55 bits per heavy atom. The van der Waals surface area contributed by atoms with Crippen molar-refractivity contribution in [2.24, 2.45) is 0 Å². The molecule has 2 aromatic heterocycles. The van der Waals surface area contributed by atoms with E-state index < -0.39 is 11.7 Å². The van der Waals surface area contributed by atoms with Crippen LogP contribution in [-0.2, 0) is 24.1 Å². The molecule has 1 aliphatic rings. The van der Waals surface area contributed by atoms with Gasteiger partial charge in [-0.2, -0.15) is 13.2 Å². The number of piperidine rings is 1. The average Bonchev–Trinajstić information content (AvgIpc) is 3.48. The Morgan fingerprint density at radius 1 is 0.898 bits per heavy atom. The van der Waals surface area contributed by atoms with Crippen LogP contribution in [0.3, 0.4) is 0 Å². The predicted octanol–water partition coefficient (Wildman–Crippen LogP) is 8.19. The molecule has 3 aromatic carbocycles. The number of likely N-dealkylation sites (tertiary alicyclic amines) is 1. The monoisotopic (exact) mass is 665 g/mol. The second-order valence-corrected chi connectivity index (χ2v) is 12.4. The van der Waals surface area contributed by atoms with Gasteiger partial charge in [0.2, 0.25) is 11.8 Å². The molecule has 3 heterocycles. The quantitative estimate of drug-likeness (QED) is 0.149. The second-order valence-electron chi connectivity index (χ2n) is 12.4. The second kappa shape index (κ2) is 14.5. The highest BCUT2D eigenvalue weighted by Crippen LogP contribution is 2.30. The molecule has 0 N–H and O–H groups in total. The minimum absolute atomic E-state index is 0.0289. The molecule has 0 aliphatic carbocycles. The number of nitrogens with zero attached hydrogens (tertiary/aromatic N) is 5. The molecule has 6 rings (SSSR count). The predicted molar refractivity (Wildman–Crippen MR) is 186 cm³/mol. The van der Waals surface area contributed by atoms with Gasteiger partial charge in [0.1, 0.15) is 0 Å². The van der Waals surface area contributed by atoms with Crippen molar-refractivity contribution >= 4 is 40.2 Å². The minimum Gasteiger partial charge on any atom is -0.345 e. The molecule has 0 saturated carbocycles. The first-order valence-electron chi connectivity index (χ1n) is 16.3. The molecule has 7 nitrogen and oxygen atoms in total. The van der Waals surface area contributed by atoms with E-state index in [0.29, 0.717) is 18.7 Å². The number of carbonyl (C=O) groups excluding carboxylic acids is 2. The summed E-state index contributed by atoms with van der Waals surface area (Å²) in [6, 6.07) is 24.6. The van der Waals surface area contributed by atoms with Crippen LogP contribution in [0.15, 0.2) is 110 Å². The molecule has 49 heavy (non-hydrogen) atoms. The van der Waals surface area contributed by atoms with Gasteiger partial charge in [0.25, 0.3) is 0 Å². The fourth-order valence-corrected chi connectivity index (χ4v) is 6.44. The number of amides is 1. The molecule has 5 aromatic rings. The summed E-state index contributed by atoms with van der Waals surface area (Å²) in [4.78, 5) is 36.4. The Balaban J connectivity index is 1.18. The molecule has 0 bridgehead atoms. The standard InChI is InChI=1S/C39H38F3N5O2/c1-28(48)46-27-31(36-5-3-4-6-37(36)46)26-45-23-19-35(20-24-45)47(38(49)16-11-29-7-12-32(13-8-29)39(40,41)42)25-30-9-14-33(15-10-30)44(2)34-17-21-43-22-18-34/h3-18,21-22,27,35H,19-20,23-26H2,1-2H3. The van der Waals surface area contributed by atoms with Crippen molar-refractivity contribution in [1.29, 1.82) is 0 Å². The van der Waals surface area contributed by atoms with E-state index in [4.69, 9.17) is 0 Å². The van der Waals surface area contributed by atoms with Crippen LogP contribution in [0.2, 0.25) is 0 Å². The van der Waals surface area contributed by atoms with Gasteiger partial charge in [0.05, 0.1) is 11.1 Å². The van der Waals surface area contributed by atoms with Crippen molar-refractivity contribution < 1.29 is 22.8 Å². The maximum Gasteiger partial charge on any atom is 0.416 e. The van der Waals surface area contributed by atoms with Gasteiger partial charge in [0.15, 0.2) is 0 Å². The summed E-state index contributed by atoms with van der Waals surface area (Å²) in [7, 11) is 1.98. The number of benzene rings is 3. The van der Waals surface area contributed by atoms with Crippen molar-refractivity contribution in [2.75, 3.05) is 25.0 Å². The first kappa shape index (κ1) is 33.7. The van der Waals surface area contributed by atoms with Crippen molar-refractivity contribution in [3.63, 3.8) is 0 Å². The molecule has 0 spiro atoms. The number of para-hydroxylation sites is 1. The van der Waals surface area contributed by atoms with Gasteiger partial charge < -0.3 is 9.80 Å². The minimum atomic E-state index is -4.42. The lowest BCUT2D eigenvalue weighted by Gasteiger charge is -2.38. The molecule has 10 heteroatoms. The molecule has 252 valence electrons. The SMILES string of the molecule is CC(=O)n1cc(CN2CCC(N(Cc3ccc(N(C)c4ccncc4)cc3)C(=O)C=Cc3ccc(C(F)(F)F)cc3)CC2)c2ccccc21. The van der Waals surface area contributed by atoms with Crippen LogP contribution in [0.1, 0.15) is 46.8 Å². The van der Waals surface area contributed by atoms with Gasteiger partial charge in [-0.3, -0.25) is 24.0 Å². The van der Waals surface area contributed by atoms with Crippen LogP contribution in [0.4, 0.5) is 24.5 Å². The van der Waals surface area contributed by atoms with Crippen molar-refractivity contribution in [3.8, 4) is 0 Å². The zero-order valence-electron chi connectivity index (χ0n) is 27.5. The molecule has 0 radical (unpaired) electrons. The van der Waals surface area contributed by atoms with Gasteiger partial charge in [-0.1, -0.05) is 42.5 Å². The Morgan fingerprint density at radius 3 is 2.20 bits per heavy atom. The number of alkyl halides is 3. The van der Waals surface area contributed by atoms with Crippen LogP contribution in [-0.4, -0.2) is 57.3 Å². The lowest BCUT2D eigenvalue weighted by molar-refractivity contribution is -0.137. The van der Waals surface area contributed by atoms with E-state index in [1.54, 1.807) is 30.0 Å². The van der Waals surface area contributed by atoms with E-state index in [9.17, 15) is 22.8 Å². The third kappa shape index (κ3) is 7.92. The summed E-state index contributed by atoms with van der Waals surface area (Å²) in [6.07, 6.45) is 5.55. The Kier molecular flexibility index (Phi) is 9.96. The van der Waals surface area contributed by atoms with Gasteiger partial charge in [-0.25, -0.2) is 0 Å². The molecular formula is C39H38F3N5O2. The van der Waals surface area contributed by atoms with Crippen molar-refractivity contribution in [1.82, 2.24) is 19.4 Å². The molecule has 1 amide bonds. The van der Waals surface area contributed by atoms with E-state index in [2.05, 4.69) is 14.8 Å². The molecular weight excluding hydrogens is 627 g/mol. The number of halogens is 3. The van der Waals surface area contributed by atoms with E-state index in [-0.39, 0.29) is 17.9 Å². The summed E-state index contributed by atoms with van der Waals surface area (Å²) in [6.45, 7) is 4.19. The summed E-state index contributed by atoms with van der Waals surface area (Å²) < 4.78 is 40.9. The van der Waals surface area contributed by atoms with Crippen LogP contribution in [0, 0.1) is 0 Å². The molecule has 0 atom stereocenters. The number of hydrogen-bond donors (Lipinski definition) is 0. The van der Waals surface area contributed by atoms with Crippen molar-refractivity contribution in [3.05, 3.63) is 132 Å². The first-order valence-corrected chi connectivity index (χ1v) is 16.3. The lowest BCUT2D eigenvalue weighted by Crippen LogP contribution is -2.46. The van der Waals surface area contributed by atoms with Gasteiger partial charge in [0, 0.05) is 87.6 Å². The van der Waals surface area contributed by atoms with E-state index in [1.807, 2.05) is 78.8 Å². The summed E-state index contributed by atoms with van der Waals surface area (Å²) in [5.41, 5.74) is 4.75. The maximum absolute atomic E-state index is 13.8.